The molecule has 0 saturated heterocycles. The van der Waals surface area contributed by atoms with Gasteiger partial charge in [-0.05, 0) is 19.1 Å². The summed E-state index contributed by atoms with van der Waals surface area (Å²) in [6, 6.07) is 4.14. The Bertz CT molecular complexity index is 685. The van der Waals surface area contributed by atoms with E-state index < -0.39 is 17.3 Å². The van der Waals surface area contributed by atoms with Crippen LogP contribution in [0.1, 0.15) is 19.2 Å². The maximum atomic E-state index is 13.3. The second-order valence-corrected chi connectivity index (χ2v) is 4.91. The molecule has 0 aliphatic carbocycles. The van der Waals surface area contributed by atoms with E-state index in [1.165, 1.54) is 18.2 Å². The molecule has 1 atom stereocenters. The van der Waals surface area contributed by atoms with Crippen LogP contribution in [0.3, 0.4) is 0 Å². The standard InChI is InChI=1S/C11H9FN2O3.C2H6ClN/c12-6-2-1-3-7-10(6)11(17)14-8(13-7)4-5-9(15)16;1-2(3)4/h1-3H,4-5H2,(H,15,16)(H,13,14,17);2H,4H2,1H3/t;2-/m.1/s1. The number of fused-ring (bicyclic) bond motifs is 1. The number of nitrogens with one attached hydrogen (secondary N) is 1. The number of carboxylic acid groups (broad SMARTS) is 1. The Morgan fingerprint density at radius 3 is 2.76 bits per heavy atom. The van der Waals surface area contributed by atoms with Crippen LogP contribution >= 0.6 is 11.6 Å². The first kappa shape index (κ1) is 17.1. The zero-order valence-corrected chi connectivity index (χ0v) is 12.0. The first-order valence-electron chi connectivity index (χ1n) is 6.10. The highest BCUT2D eigenvalue weighted by atomic mass is 35.5. The number of nitrogens with two attached hydrogens (primary N) is 1. The molecular weight excluding hydrogens is 301 g/mol. The summed E-state index contributed by atoms with van der Waals surface area (Å²) in [5, 5.41) is 8.42. The molecule has 1 heterocycles. The number of aromatic nitrogens is 2. The number of aromatic amines is 1. The molecule has 0 saturated carbocycles. The number of H-pyrrole nitrogens is 1. The third-order valence-electron chi connectivity index (χ3n) is 2.31. The van der Waals surface area contributed by atoms with Gasteiger partial charge < -0.3 is 15.8 Å². The van der Waals surface area contributed by atoms with Gasteiger partial charge in [-0.3, -0.25) is 9.59 Å². The first-order chi connectivity index (χ1) is 9.81. The van der Waals surface area contributed by atoms with Gasteiger partial charge in [-0.2, -0.15) is 0 Å². The molecular formula is C13H15ClFN3O3. The van der Waals surface area contributed by atoms with Crippen molar-refractivity contribution < 1.29 is 14.3 Å². The van der Waals surface area contributed by atoms with Crippen molar-refractivity contribution in [3.05, 3.63) is 40.2 Å². The van der Waals surface area contributed by atoms with E-state index in [1.807, 2.05) is 0 Å². The number of nitrogens with zero attached hydrogens (tertiary/aromatic N) is 1. The van der Waals surface area contributed by atoms with Gasteiger partial charge in [0.2, 0.25) is 0 Å². The molecule has 0 fully saturated rings. The summed E-state index contributed by atoms with van der Waals surface area (Å²) in [6.45, 7) is 1.71. The SMILES string of the molecule is C[C@@H](N)Cl.O=C(O)CCc1nc2cccc(F)c2c(=O)[nH]1. The lowest BCUT2D eigenvalue weighted by molar-refractivity contribution is -0.137. The van der Waals surface area contributed by atoms with Crippen LogP contribution in [0.5, 0.6) is 0 Å². The molecule has 2 rings (SSSR count). The Morgan fingerprint density at radius 1 is 1.57 bits per heavy atom. The van der Waals surface area contributed by atoms with Gasteiger partial charge in [-0.1, -0.05) is 6.07 Å². The van der Waals surface area contributed by atoms with E-state index >= 15 is 0 Å². The number of aliphatic carboxylic acids is 1. The molecule has 6 nitrogen and oxygen atoms in total. The van der Waals surface area contributed by atoms with Crippen LogP contribution in [0.2, 0.25) is 0 Å². The number of aryl methyl sites for hydroxylation is 1. The van der Waals surface area contributed by atoms with Crippen LogP contribution in [0.15, 0.2) is 23.0 Å². The van der Waals surface area contributed by atoms with Crippen molar-refractivity contribution in [2.75, 3.05) is 0 Å². The monoisotopic (exact) mass is 315 g/mol. The molecule has 1 aromatic carbocycles. The second-order valence-electron chi connectivity index (χ2n) is 4.22. The number of rotatable bonds is 3. The van der Waals surface area contributed by atoms with Crippen molar-refractivity contribution in [1.82, 2.24) is 9.97 Å². The highest BCUT2D eigenvalue weighted by molar-refractivity contribution is 6.19. The molecule has 1 aromatic heterocycles. The smallest absolute Gasteiger partial charge is 0.303 e. The Kier molecular flexibility index (Phi) is 6.26. The van der Waals surface area contributed by atoms with Crippen molar-refractivity contribution >= 4 is 28.5 Å². The summed E-state index contributed by atoms with van der Waals surface area (Å²) in [5.41, 5.74) is 4.32. The Hall–Kier alpha value is -1.99. The van der Waals surface area contributed by atoms with E-state index in [-0.39, 0.29) is 35.1 Å². The Balaban J connectivity index is 0.000000491. The molecule has 4 N–H and O–H groups in total. The normalized spacial score (nSPS) is 11.6. The van der Waals surface area contributed by atoms with E-state index in [9.17, 15) is 14.0 Å². The van der Waals surface area contributed by atoms with Gasteiger partial charge in [0.1, 0.15) is 17.0 Å². The first-order valence-corrected chi connectivity index (χ1v) is 6.53. The average Bonchev–Trinajstić information content (AvgIpc) is 2.35. The molecule has 21 heavy (non-hydrogen) atoms. The molecule has 8 heteroatoms. The molecule has 0 aliphatic rings. The molecule has 0 radical (unpaired) electrons. The number of hydrogen-bond acceptors (Lipinski definition) is 4. The van der Waals surface area contributed by atoms with Crippen molar-refractivity contribution in [1.29, 1.82) is 0 Å². The van der Waals surface area contributed by atoms with E-state index in [4.69, 9.17) is 22.4 Å². The predicted octanol–water partition coefficient (Wildman–Crippen LogP) is 1.61. The summed E-state index contributed by atoms with van der Waals surface area (Å²) >= 11 is 5.05. The van der Waals surface area contributed by atoms with Crippen molar-refractivity contribution in [2.45, 2.75) is 25.3 Å². The second kappa shape index (κ2) is 7.70. The van der Waals surface area contributed by atoms with Gasteiger partial charge >= 0.3 is 5.97 Å². The number of carboxylic acids is 1. The molecule has 0 bridgehead atoms. The lowest BCUT2D eigenvalue weighted by atomic mass is 10.2. The van der Waals surface area contributed by atoms with Crippen LogP contribution in [0.25, 0.3) is 10.9 Å². The van der Waals surface area contributed by atoms with Crippen LogP contribution in [-0.4, -0.2) is 26.5 Å². The number of halogens is 2. The largest absolute Gasteiger partial charge is 0.481 e. The van der Waals surface area contributed by atoms with Gasteiger partial charge in [0.25, 0.3) is 5.56 Å². The third kappa shape index (κ3) is 5.49. The minimum atomic E-state index is -0.980. The fourth-order valence-electron chi connectivity index (χ4n) is 1.54. The van der Waals surface area contributed by atoms with Crippen molar-refractivity contribution in [2.24, 2.45) is 5.73 Å². The predicted molar refractivity (Wildman–Crippen MR) is 77.8 cm³/mol. The minimum Gasteiger partial charge on any atom is -0.481 e. The quantitative estimate of drug-likeness (QED) is 0.589. The average molecular weight is 316 g/mol. The molecule has 0 amide bonds. The molecule has 0 aliphatic heterocycles. The topological polar surface area (TPSA) is 109 Å². The number of alkyl halides is 1. The van der Waals surface area contributed by atoms with Crippen molar-refractivity contribution in [3.63, 3.8) is 0 Å². The van der Waals surface area contributed by atoms with Gasteiger partial charge in [-0.15, -0.1) is 11.6 Å². The fourth-order valence-corrected chi connectivity index (χ4v) is 1.54. The van der Waals surface area contributed by atoms with E-state index in [1.54, 1.807) is 6.92 Å². The lowest BCUT2D eigenvalue weighted by Gasteiger charge is -2.01. The molecule has 0 unspecified atom stereocenters. The van der Waals surface area contributed by atoms with Gasteiger partial charge in [0.05, 0.1) is 17.4 Å². The van der Waals surface area contributed by atoms with E-state index in [2.05, 4.69) is 9.97 Å². The van der Waals surface area contributed by atoms with Crippen LogP contribution in [0.4, 0.5) is 4.39 Å². The maximum absolute atomic E-state index is 13.3. The Morgan fingerprint density at radius 2 is 2.19 bits per heavy atom. The summed E-state index contributed by atoms with van der Waals surface area (Å²) in [4.78, 5) is 28.4. The van der Waals surface area contributed by atoms with Crippen LogP contribution in [-0.2, 0) is 11.2 Å². The van der Waals surface area contributed by atoms with Gasteiger partial charge in [0.15, 0.2) is 0 Å². The highest BCUT2D eigenvalue weighted by Gasteiger charge is 2.09. The summed E-state index contributed by atoms with van der Waals surface area (Å²) in [7, 11) is 0. The summed E-state index contributed by atoms with van der Waals surface area (Å²) in [6.07, 6.45) is -0.0270. The molecule has 0 spiro atoms. The zero-order valence-electron chi connectivity index (χ0n) is 11.3. The van der Waals surface area contributed by atoms with Crippen molar-refractivity contribution in [3.8, 4) is 0 Å². The number of carbonyl (C=O) groups is 1. The number of hydrogen-bond donors (Lipinski definition) is 3. The number of benzene rings is 1. The maximum Gasteiger partial charge on any atom is 0.303 e. The Labute approximate surface area is 124 Å². The summed E-state index contributed by atoms with van der Waals surface area (Å²) in [5.74, 6) is -1.37. The lowest BCUT2D eigenvalue weighted by Crippen LogP contribution is -2.14. The van der Waals surface area contributed by atoms with E-state index in [0.29, 0.717) is 0 Å². The highest BCUT2D eigenvalue weighted by Crippen LogP contribution is 2.11. The van der Waals surface area contributed by atoms with E-state index in [0.717, 1.165) is 0 Å². The zero-order chi connectivity index (χ0) is 16.0. The van der Waals surface area contributed by atoms with Gasteiger partial charge in [0, 0.05) is 6.42 Å². The summed E-state index contributed by atoms with van der Waals surface area (Å²) < 4.78 is 13.3. The molecule has 114 valence electrons. The van der Waals surface area contributed by atoms with Crippen LogP contribution in [0, 0.1) is 5.82 Å². The minimum absolute atomic E-state index is 0.105. The fraction of sp³-hybridized carbons (Fsp3) is 0.308. The van der Waals surface area contributed by atoms with Gasteiger partial charge in [-0.25, -0.2) is 9.37 Å². The van der Waals surface area contributed by atoms with Crippen LogP contribution < -0.4 is 11.3 Å². The third-order valence-corrected chi connectivity index (χ3v) is 2.31. The molecule has 2 aromatic rings.